The highest BCUT2D eigenvalue weighted by atomic mass is 16.2. The van der Waals surface area contributed by atoms with E-state index in [9.17, 15) is 9.59 Å². The number of aromatic nitrogens is 1. The van der Waals surface area contributed by atoms with E-state index in [0.29, 0.717) is 26.1 Å². The Hall–Kier alpha value is -3.09. The van der Waals surface area contributed by atoms with Gasteiger partial charge in [-0.05, 0) is 42.7 Å². The summed E-state index contributed by atoms with van der Waals surface area (Å²) in [4.78, 5) is 33.0. The van der Waals surface area contributed by atoms with Gasteiger partial charge in [0.1, 0.15) is 5.82 Å². The fourth-order valence-corrected chi connectivity index (χ4v) is 3.68. The minimum absolute atomic E-state index is 0.0670. The zero-order chi connectivity index (χ0) is 21.9. The molecule has 7 heteroatoms. The first kappa shape index (κ1) is 22.6. The fraction of sp³-hybridized carbons (Fsp3) is 0.458. The van der Waals surface area contributed by atoms with Gasteiger partial charge in [0.15, 0.2) is 0 Å². The number of amides is 3. The molecule has 0 saturated carbocycles. The molecule has 0 aliphatic carbocycles. The third kappa shape index (κ3) is 7.27. The predicted octanol–water partition coefficient (Wildman–Crippen LogP) is 3.67. The van der Waals surface area contributed by atoms with E-state index in [0.717, 1.165) is 31.0 Å². The van der Waals surface area contributed by atoms with Crippen molar-refractivity contribution in [3.05, 3.63) is 54.2 Å². The van der Waals surface area contributed by atoms with Crippen LogP contribution in [0.2, 0.25) is 0 Å². The van der Waals surface area contributed by atoms with E-state index < -0.39 is 0 Å². The van der Waals surface area contributed by atoms with Gasteiger partial charge in [0, 0.05) is 51.0 Å². The number of carbonyl (C=O) groups is 2. The minimum atomic E-state index is -0.286. The van der Waals surface area contributed by atoms with Crippen LogP contribution in [-0.4, -0.2) is 54.5 Å². The molecule has 3 amide bonds. The van der Waals surface area contributed by atoms with Crippen molar-refractivity contribution in [1.29, 1.82) is 0 Å². The second-order valence-electron chi connectivity index (χ2n) is 7.84. The van der Waals surface area contributed by atoms with E-state index in [-0.39, 0.29) is 11.9 Å². The number of rotatable bonds is 9. The van der Waals surface area contributed by atoms with Crippen LogP contribution in [0.5, 0.6) is 0 Å². The van der Waals surface area contributed by atoms with Gasteiger partial charge >= 0.3 is 6.03 Å². The molecule has 31 heavy (non-hydrogen) atoms. The Labute approximate surface area is 184 Å². The summed E-state index contributed by atoms with van der Waals surface area (Å²) in [5, 5.41) is 5.60. The highest BCUT2D eigenvalue weighted by molar-refractivity contribution is 5.89. The van der Waals surface area contributed by atoms with Gasteiger partial charge in [0.2, 0.25) is 5.91 Å². The number of benzene rings is 1. The quantitative estimate of drug-likeness (QED) is 0.603. The Balaban J connectivity index is 1.32. The first-order chi connectivity index (χ1) is 15.2. The minimum Gasteiger partial charge on any atom is -0.353 e. The number of unbranched alkanes of at least 4 members (excludes halogenated alkanes) is 2. The number of hydrogen-bond donors (Lipinski definition) is 2. The average molecular weight is 424 g/mol. The van der Waals surface area contributed by atoms with E-state index in [1.54, 1.807) is 6.20 Å². The van der Waals surface area contributed by atoms with Crippen LogP contribution in [-0.2, 0) is 11.2 Å². The number of piperazine rings is 1. The maximum Gasteiger partial charge on any atom is 0.319 e. The second kappa shape index (κ2) is 11.9. The van der Waals surface area contributed by atoms with Gasteiger partial charge in [-0.1, -0.05) is 38.0 Å². The predicted molar refractivity (Wildman–Crippen MR) is 124 cm³/mol. The van der Waals surface area contributed by atoms with Crippen molar-refractivity contribution in [2.75, 3.05) is 42.9 Å². The van der Waals surface area contributed by atoms with E-state index >= 15 is 0 Å². The zero-order valence-corrected chi connectivity index (χ0v) is 18.3. The number of pyridine rings is 1. The summed E-state index contributed by atoms with van der Waals surface area (Å²) in [6.07, 6.45) is 6.79. The third-order valence-electron chi connectivity index (χ3n) is 5.51. The summed E-state index contributed by atoms with van der Waals surface area (Å²) in [5.41, 5.74) is 2.04. The van der Waals surface area contributed by atoms with E-state index in [4.69, 9.17) is 0 Å². The first-order valence-corrected chi connectivity index (χ1v) is 11.2. The van der Waals surface area contributed by atoms with Gasteiger partial charge in [0.25, 0.3) is 0 Å². The van der Waals surface area contributed by atoms with Crippen molar-refractivity contribution in [2.24, 2.45) is 0 Å². The normalized spacial score (nSPS) is 13.7. The van der Waals surface area contributed by atoms with E-state index in [1.807, 2.05) is 35.2 Å². The molecule has 0 spiro atoms. The second-order valence-corrected chi connectivity index (χ2v) is 7.84. The van der Waals surface area contributed by atoms with E-state index in [1.165, 1.54) is 24.8 Å². The first-order valence-electron chi connectivity index (χ1n) is 11.2. The van der Waals surface area contributed by atoms with Crippen molar-refractivity contribution in [3.8, 4) is 0 Å². The van der Waals surface area contributed by atoms with Crippen LogP contribution in [0.3, 0.4) is 0 Å². The maximum absolute atomic E-state index is 12.4. The smallest absolute Gasteiger partial charge is 0.319 e. The molecule has 1 aromatic heterocycles. The van der Waals surface area contributed by atoms with Gasteiger partial charge < -0.3 is 20.4 Å². The molecular formula is C24H33N5O2. The van der Waals surface area contributed by atoms with Crippen LogP contribution in [0.15, 0.2) is 48.7 Å². The number of nitrogens with one attached hydrogen (secondary N) is 2. The van der Waals surface area contributed by atoms with Crippen molar-refractivity contribution in [1.82, 2.24) is 15.2 Å². The largest absolute Gasteiger partial charge is 0.353 e. The Kier molecular flexibility index (Phi) is 8.70. The molecule has 3 rings (SSSR count). The maximum atomic E-state index is 12.4. The highest BCUT2D eigenvalue weighted by Gasteiger charge is 2.21. The summed E-state index contributed by atoms with van der Waals surface area (Å²) in [6.45, 7) is 5.40. The van der Waals surface area contributed by atoms with Crippen molar-refractivity contribution in [2.45, 2.75) is 39.0 Å². The lowest BCUT2D eigenvalue weighted by atomic mass is 10.1. The molecule has 2 aromatic rings. The average Bonchev–Trinajstić information content (AvgIpc) is 2.81. The third-order valence-corrected chi connectivity index (χ3v) is 5.51. The summed E-state index contributed by atoms with van der Waals surface area (Å²) in [5.74, 6) is 1.01. The van der Waals surface area contributed by atoms with Crippen LogP contribution >= 0.6 is 0 Å². The van der Waals surface area contributed by atoms with Gasteiger partial charge in [-0.3, -0.25) is 4.79 Å². The Morgan fingerprint density at radius 1 is 1.00 bits per heavy atom. The molecule has 1 saturated heterocycles. The van der Waals surface area contributed by atoms with Crippen LogP contribution in [0.25, 0.3) is 0 Å². The molecule has 7 nitrogen and oxygen atoms in total. The Bertz CT molecular complexity index is 818. The van der Waals surface area contributed by atoms with Gasteiger partial charge in [-0.15, -0.1) is 0 Å². The number of carbonyl (C=O) groups excluding carboxylic acids is 2. The standard InChI is InChI=1S/C24H33N5O2/c1-2-3-4-7-20-9-11-21(12-10-20)27-24(31)26-15-13-23(30)29-18-16-28(17-19-29)22-8-5-6-14-25-22/h5-6,8-12,14H,2-4,7,13,15-19H2,1H3,(H2,26,27,31). The van der Waals surface area contributed by atoms with Gasteiger partial charge in [-0.25, -0.2) is 9.78 Å². The molecule has 166 valence electrons. The molecule has 2 heterocycles. The van der Waals surface area contributed by atoms with E-state index in [2.05, 4.69) is 39.6 Å². The topological polar surface area (TPSA) is 77.6 Å². The van der Waals surface area contributed by atoms with Crippen molar-refractivity contribution >= 4 is 23.4 Å². The summed E-state index contributed by atoms with van der Waals surface area (Å²) in [6, 6.07) is 13.5. The van der Waals surface area contributed by atoms with Crippen LogP contribution in [0, 0.1) is 0 Å². The summed E-state index contributed by atoms with van der Waals surface area (Å²) >= 11 is 0. The lowest BCUT2D eigenvalue weighted by Gasteiger charge is -2.35. The highest BCUT2D eigenvalue weighted by Crippen LogP contribution is 2.14. The van der Waals surface area contributed by atoms with Crippen LogP contribution < -0.4 is 15.5 Å². The number of anilines is 2. The molecule has 1 aliphatic heterocycles. The lowest BCUT2D eigenvalue weighted by Crippen LogP contribution is -2.49. The zero-order valence-electron chi connectivity index (χ0n) is 18.3. The Morgan fingerprint density at radius 2 is 1.77 bits per heavy atom. The lowest BCUT2D eigenvalue weighted by molar-refractivity contribution is -0.131. The molecule has 0 atom stereocenters. The molecule has 2 N–H and O–H groups in total. The number of urea groups is 1. The summed E-state index contributed by atoms with van der Waals surface area (Å²) < 4.78 is 0. The number of aryl methyl sites for hydroxylation is 1. The number of nitrogens with zero attached hydrogens (tertiary/aromatic N) is 3. The molecule has 1 fully saturated rings. The molecule has 0 bridgehead atoms. The fourth-order valence-electron chi connectivity index (χ4n) is 3.68. The molecule has 1 aliphatic rings. The molecular weight excluding hydrogens is 390 g/mol. The van der Waals surface area contributed by atoms with Gasteiger partial charge in [-0.2, -0.15) is 0 Å². The van der Waals surface area contributed by atoms with Crippen molar-refractivity contribution < 1.29 is 9.59 Å². The van der Waals surface area contributed by atoms with Gasteiger partial charge in [0.05, 0.1) is 0 Å². The summed E-state index contributed by atoms with van der Waals surface area (Å²) in [7, 11) is 0. The molecule has 0 radical (unpaired) electrons. The SMILES string of the molecule is CCCCCc1ccc(NC(=O)NCCC(=O)N2CCN(c3ccccn3)CC2)cc1. The van der Waals surface area contributed by atoms with Crippen LogP contribution in [0.1, 0.15) is 38.2 Å². The number of hydrogen-bond acceptors (Lipinski definition) is 4. The molecule has 0 unspecified atom stereocenters. The Morgan fingerprint density at radius 3 is 2.45 bits per heavy atom. The van der Waals surface area contributed by atoms with Crippen molar-refractivity contribution in [3.63, 3.8) is 0 Å². The monoisotopic (exact) mass is 423 g/mol. The van der Waals surface area contributed by atoms with Crippen LogP contribution in [0.4, 0.5) is 16.3 Å². The molecule has 1 aromatic carbocycles.